The molecule has 3 rings (SSSR count). The van der Waals surface area contributed by atoms with Crippen LogP contribution in [0.2, 0.25) is 0 Å². The third-order valence-corrected chi connectivity index (χ3v) is 4.56. The second-order valence-electron chi connectivity index (χ2n) is 6.16. The lowest BCUT2D eigenvalue weighted by atomic mass is 10.1. The van der Waals surface area contributed by atoms with Crippen LogP contribution in [0, 0.1) is 5.92 Å². The minimum Gasteiger partial charge on any atom is -0.484 e. The van der Waals surface area contributed by atoms with Crippen molar-refractivity contribution in [3.8, 4) is 5.75 Å². The number of anilines is 1. The van der Waals surface area contributed by atoms with E-state index in [0.717, 1.165) is 38.2 Å². The average Bonchev–Trinajstić information content (AvgIpc) is 3.22. The van der Waals surface area contributed by atoms with E-state index in [2.05, 4.69) is 0 Å². The van der Waals surface area contributed by atoms with Crippen molar-refractivity contribution >= 4 is 17.5 Å². The van der Waals surface area contributed by atoms with Crippen molar-refractivity contribution in [3.63, 3.8) is 0 Å². The topological polar surface area (TPSA) is 75.9 Å². The zero-order valence-electron chi connectivity index (χ0n) is 13.2. The van der Waals surface area contributed by atoms with E-state index in [1.54, 1.807) is 17.0 Å². The fraction of sp³-hybridized carbons (Fsp3) is 0.529. The van der Waals surface area contributed by atoms with Gasteiger partial charge in [0, 0.05) is 31.7 Å². The summed E-state index contributed by atoms with van der Waals surface area (Å²) in [5.74, 6) is 1.22. The Kier molecular flexibility index (Phi) is 4.81. The largest absolute Gasteiger partial charge is 0.484 e. The summed E-state index contributed by atoms with van der Waals surface area (Å²) in [6.45, 7) is 2.93. The molecule has 6 nitrogen and oxygen atoms in total. The van der Waals surface area contributed by atoms with E-state index >= 15 is 0 Å². The number of hydrogen-bond acceptors (Lipinski definition) is 4. The summed E-state index contributed by atoms with van der Waals surface area (Å²) in [5, 5.41) is 0. The average molecular weight is 317 g/mol. The summed E-state index contributed by atoms with van der Waals surface area (Å²) < 4.78 is 5.57. The molecule has 0 aromatic heterocycles. The van der Waals surface area contributed by atoms with Crippen molar-refractivity contribution in [3.05, 3.63) is 24.3 Å². The highest BCUT2D eigenvalue weighted by Crippen LogP contribution is 2.24. The first kappa shape index (κ1) is 15.8. The van der Waals surface area contributed by atoms with Gasteiger partial charge in [0.1, 0.15) is 5.75 Å². The molecule has 6 heteroatoms. The zero-order valence-corrected chi connectivity index (χ0v) is 13.2. The standard InChI is InChI=1S/C17H23N3O3/c18-10-13-7-9-19(11-13)17(22)12-23-15-5-3-14(4-6-15)20-8-1-2-16(20)21/h3-6,13H,1-2,7-12,18H2. The van der Waals surface area contributed by atoms with Crippen molar-refractivity contribution in [2.75, 3.05) is 37.7 Å². The number of likely N-dealkylation sites (tertiary alicyclic amines) is 1. The van der Waals surface area contributed by atoms with E-state index < -0.39 is 0 Å². The molecule has 0 spiro atoms. The number of carbonyl (C=O) groups excluding carboxylic acids is 2. The smallest absolute Gasteiger partial charge is 0.260 e. The Hall–Kier alpha value is -2.08. The van der Waals surface area contributed by atoms with Gasteiger partial charge in [0.05, 0.1) is 0 Å². The molecule has 1 aromatic carbocycles. The fourth-order valence-corrected chi connectivity index (χ4v) is 3.13. The molecule has 2 amide bonds. The number of benzene rings is 1. The lowest BCUT2D eigenvalue weighted by molar-refractivity contribution is -0.132. The number of nitrogens with two attached hydrogens (primary N) is 1. The molecule has 0 aliphatic carbocycles. The number of rotatable bonds is 5. The lowest BCUT2D eigenvalue weighted by Gasteiger charge is -2.18. The highest BCUT2D eigenvalue weighted by molar-refractivity contribution is 5.95. The van der Waals surface area contributed by atoms with E-state index in [1.807, 2.05) is 17.0 Å². The van der Waals surface area contributed by atoms with Gasteiger partial charge in [0.25, 0.3) is 5.91 Å². The molecule has 1 aromatic rings. The molecule has 0 radical (unpaired) electrons. The van der Waals surface area contributed by atoms with Gasteiger partial charge >= 0.3 is 0 Å². The first-order chi connectivity index (χ1) is 11.2. The minimum absolute atomic E-state index is 0.000234. The highest BCUT2D eigenvalue weighted by atomic mass is 16.5. The number of nitrogens with zero attached hydrogens (tertiary/aromatic N) is 2. The molecular weight excluding hydrogens is 294 g/mol. The molecule has 23 heavy (non-hydrogen) atoms. The predicted octanol–water partition coefficient (Wildman–Crippen LogP) is 0.999. The normalized spacial score (nSPS) is 21.1. The van der Waals surface area contributed by atoms with E-state index in [1.165, 1.54) is 0 Å². The van der Waals surface area contributed by atoms with Gasteiger partial charge in [-0.1, -0.05) is 0 Å². The Morgan fingerprint density at radius 3 is 2.65 bits per heavy atom. The number of amides is 2. The van der Waals surface area contributed by atoms with Crippen molar-refractivity contribution in [2.24, 2.45) is 11.7 Å². The van der Waals surface area contributed by atoms with Crippen LogP contribution in [0.5, 0.6) is 5.75 Å². The van der Waals surface area contributed by atoms with Crippen LogP contribution >= 0.6 is 0 Å². The first-order valence-electron chi connectivity index (χ1n) is 8.18. The van der Waals surface area contributed by atoms with Crippen LogP contribution in [0.4, 0.5) is 5.69 Å². The summed E-state index contributed by atoms with van der Waals surface area (Å²) >= 11 is 0. The molecule has 2 aliphatic heterocycles. The monoisotopic (exact) mass is 317 g/mol. The van der Waals surface area contributed by atoms with Crippen LogP contribution in [0.15, 0.2) is 24.3 Å². The number of hydrogen-bond donors (Lipinski definition) is 1. The summed E-state index contributed by atoms with van der Waals surface area (Å²) in [6.07, 6.45) is 2.50. The molecule has 0 bridgehead atoms. The number of ether oxygens (including phenoxy) is 1. The quantitative estimate of drug-likeness (QED) is 0.879. The third-order valence-electron chi connectivity index (χ3n) is 4.56. The third kappa shape index (κ3) is 3.64. The lowest BCUT2D eigenvalue weighted by Crippen LogP contribution is -2.33. The van der Waals surface area contributed by atoms with Gasteiger partial charge in [0.2, 0.25) is 5.91 Å². The predicted molar refractivity (Wildman–Crippen MR) is 87.3 cm³/mol. The van der Waals surface area contributed by atoms with Gasteiger partial charge < -0.3 is 20.3 Å². The molecule has 1 unspecified atom stereocenters. The van der Waals surface area contributed by atoms with Crippen LogP contribution in [0.1, 0.15) is 19.3 Å². The van der Waals surface area contributed by atoms with Crippen molar-refractivity contribution < 1.29 is 14.3 Å². The van der Waals surface area contributed by atoms with Gasteiger partial charge in [-0.05, 0) is 49.6 Å². The molecule has 2 N–H and O–H groups in total. The SMILES string of the molecule is NCC1CCN(C(=O)COc2ccc(N3CCCC3=O)cc2)C1. The van der Waals surface area contributed by atoms with Crippen molar-refractivity contribution in [1.29, 1.82) is 0 Å². The Bertz CT molecular complexity index is 573. The molecule has 0 saturated carbocycles. The van der Waals surface area contributed by atoms with Crippen molar-refractivity contribution in [2.45, 2.75) is 19.3 Å². The summed E-state index contributed by atoms with van der Waals surface area (Å²) in [5.41, 5.74) is 6.53. The molecular formula is C17H23N3O3. The van der Waals surface area contributed by atoms with Crippen LogP contribution in [0.3, 0.4) is 0 Å². The van der Waals surface area contributed by atoms with E-state index in [0.29, 0.717) is 24.6 Å². The zero-order chi connectivity index (χ0) is 16.2. The van der Waals surface area contributed by atoms with Crippen LogP contribution in [-0.4, -0.2) is 49.5 Å². The minimum atomic E-state index is -0.000234. The Balaban J connectivity index is 1.51. The van der Waals surface area contributed by atoms with Gasteiger partial charge in [-0.15, -0.1) is 0 Å². The first-order valence-corrected chi connectivity index (χ1v) is 8.18. The summed E-state index contributed by atoms with van der Waals surface area (Å²) in [6, 6.07) is 7.34. The molecule has 2 saturated heterocycles. The highest BCUT2D eigenvalue weighted by Gasteiger charge is 2.25. The van der Waals surface area contributed by atoms with E-state index in [9.17, 15) is 9.59 Å². The molecule has 1 atom stereocenters. The maximum Gasteiger partial charge on any atom is 0.260 e. The van der Waals surface area contributed by atoms with Crippen molar-refractivity contribution in [1.82, 2.24) is 4.90 Å². The Morgan fingerprint density at radius 2 is 2.04 bits per heavy atom. The maximum atomic E-state index is 12.1. The van der Waals surface area contributed by atoms with Crippen LogP contribution in [-0.2, 0) is 9.59 Å². The Labute approximate surface area is 136 Å². The maximum absolute atomic E-state index is 12.1. The van der Waals surface area contributed by atoms with Gasteiger partial charge in [0.15, 0.2) is 6.61 Å². The van der Waals surface area contributed by atoms with E-state index in [4.69, 9.17) is 10.5 Å². The van der Waals surface area contributed by atoms with Crippen LogP contribution < -0.4 is 15.4 Å². The van der Waals surface area contributed by atoms with Gasteiger partial charge in [-0.3, -0.25) is 9.59 Å². The number of carbonyl (C=O) groups is 2. The van der Waals surface area contributed by atoms with Gasteiger partial charge in [-0.25, -0.2) is 0 Å². The summed E-state index contributed by atoms with van der Waals surface area (Å²) in [4.78, 5) is 27.4. The Morgan fingerprint density at radius 1 is 1.26 bits per heavy atom. The fourth-order valence-electron chi connectivity index (χ4n) is 3.13. The second kappa shape index (κ2) is 7.00. The molecule has 2 heterocycles. The van der Waals surface area contributed by atoms with E-state index in [-0.39, 0.29) is 18.4 Å². The van der Waals surface area contributed by atoms with Gasteiger partial charge in [-0.2, -0.15) is 0 Å². The van der Waals surface area contributed by atoms with Crippen LogP contribution in [0.25, 0.3) is 0 Å². The molecule has 124 valence electrons. The molecule has 2 aliphatic rings. The second-order valence-corrected chi connectivity index (χ2v) is 6.16. The summed E-state index contributed by atoms with van der Waals surface area (Å²) in [7, 11) is 0. The molecule has 2 fully saturated rings.